The summed E-state index contributed by atoms with van der Waals surface area (Å²) in [5, 5.41) is 10.7. The second kappa shape index (κ2) is 8.15. The van der Waals surface area contributed by atoms with Crippen LogP contribution in [0.3, 0.4) is 0 Å². The number of carbonyl (C=O) groups is 2. The number of nitrogens with zero attached hydrogens (tertiary/aromatic N) is 1. The topological polar surface area (TPSA) is 101 Å². The van der Waals surface area contributed by atoms with Gasteiger partial charge in [-0.3, -0.25) is 30.6 Å². The van der Waals surface area contributed by atoms with Crippen LogP contribution in [0.5, 0.6) is 0 Å². The number of non-ortho nitro benzene ring substituents is 1. The van der Waals surface area contributed by atoms with Gasteiger partial charge in [0.1, 0.15) is 5.82 Å². The number of rotatable bonds is 4. The molecule has 0 unspecified atom stereocenters. The van der Waals surface area contributed by atoms with Crippen LogP contribution in [0, 0.1) is 15.9 Å². The van der Waals surface area contributed by atoms with Crippen molar-refractivity contribution in [1.29, 1.82) is 0 Å². The Balaban J connectivity index is 1.96. The lowest BCUT2D eigenvalue weighted by atomic mass is 10.2. The number of nitro groups is 1. The lowest BCUT2D eigenvalue weighted by molar-refractivity contribution is -0.384. The van der Waals surface area contributed by atoms with Gasteiger partial charge in [-0.05, 0) is 30.3 Å². The predicted molar refractivity (Wildman–Crippen MR) is 91.8 cm³/mol. The van der Waals surface area contributed by atoms with E-state index in [4.69, 9.17) is 0 Å². The summed E-state index contributed by atoms with van der Waals surface area (Å²) < 4.78 is 14.2. The summed E-state index contributed by atoms with van der Waals surface area (Å²) >= 11 is 3.19. The minimum atomic E-state index is -0.723. The zero-order valence-corrected chi connectivity index (χ0v) is 14.1. The van der Waals surface area contributed by atoms with Crippen LogP contribution in [0.1, 0.15) is 15.9 Å². The predicted octanol–water partition coefficient (Wildman–Crippen LogP) is 2.97. The molecule has 25 heavy (non-hydrogen) atoms. The summed E-state index contributed by atoms with van der Waals surface area (Å²) in [5.41, 5.74) is 4.17. The van der Waals surface area contributed by atoms with E-state index in [1.165, 1.54) is 42.5 Å². The molecule has 128 valence electrons. The van der Waals surface area contributed by atoms with E-state index in [-0.39, 0.29) is 16.8 Å². The Labute approximate surface area is 149 Å². The van der Waals surface area contributed by atoms with Crippen molar-refractivity contribution in [3.8, 4) is 0 Å². The van der Waals surface area contributed by atoms with Crippen LogP contribution in [0.25, 0.3) is 6.08 Å². The van der Waals surface area contributed by atoms with Crippen LogP contribution in [-0.4, -0.2) is 16.7 Å². The largest absolute Gasteiger partial charge is 0.270 e. The Morgan fingerprint density at radius 2 is 1.92 bits per heavy atom. The van der Waals surface area contributed by atoms with Gasteiger partial charge in [0.05, 0.1) is 4.92 Å². The van der Waals surface area contributed by atoms with E-state index < -0.39 is 22.6 Å². The Hall–Kier alpha value is -3.07. The molecule has 2 N–H and O–H groups in total. The molecule has 0 aromatic heterocycles. The van der Waals surface area contributed by atoms with E-state index >= 15 is 0 Å². The molecule has 0 aliphatic heterocycles. The monoisotopic (exact) mass is 407 g/mol. The maximum Gasteiger partial charge on any atom is 0.270 e. The average molecular weight is 408 g/mol. The van der Waals surface area contributed by atoms with Gasteiger partial charge in [0.2, 0.25) is 0 Å². The normalized spacial score (nSPS) is 10.5. The van der Waals surface area contributed by atoms with Gasteiger partial charge < -0.3 is 0 Å². The van der Waals surface area contributed by atoms with Crippen molar-refractivity contribution in [2.75, 3.05) is 0 Å². The quantitative estimate of drug-likeness (QED) is 0.462. The number of hydrazine groups is 1. The third kappa shape index (κ3) is 5.21. The lowest BCUT2D eigenvalue weighted by Crippen LogP contribution is -2.40. The van der Waals surface area contributed by atoms with Crippen LogP contribution in [0.15, 0.2) is 53.0 Å². The smallest absolute Gasteiger partial charge is 0.268 e. The molecule has 2 aromatic carbocycles. The van der Waals surface area contributed by atoms with Crippen molar-refractivity contribution in [3.05, 3.63) is 80.1 Å². The van der Waals surface area contributed by atoms with Crippen molar-refractivity contribution < 1.29 is 18.9 Å². The van der Waals surface area contributed by atoms with Gasteiger partial charge in [0, 0.05) is 33.8 Å². The second-order valence-electron chi connectivity index (χ2n) is 4.75. The molecule has 0 saturated carbocycles. The second-order valence-corrected chi connectivity index (χ2v) is 5.67. The summed E-state index contributed by atoms with van der Waals surface area (Å²) in [7, 11) is 0. The molecular formula is C16H11BrFN3O4. The van der Waals surface area contributed by atoms with Gasteiger partial charge >= 0.3 is 0 Å². The van der Waals surface area contributed by atoms with Crippen molar-refractivity contribution in [2.45, 2.75) is 0 Å². The summed E-state index contributed by atoms with van der Waals surface area (Å²) in [5.74, 6) is -1.93. The zero-order valence-electron chi connectivity index (χ0n) is 12.5. The Bertz CT molecular complexity index is 870. The molecule has 9 heteroatoms. The Morgan fingerprint density at radius 3 is 2.64 bits per heavy atom. The standard InChI is InChI=1S/C16H11BrFN3O4/c17-12-5-6-14(18)10(8-12)4-7-15(22)19-20-16(23)11-2-1-3-13(9-11)21(24)25/h1-9H,(H,19,22)(H,20,23)/b7-4+. The molecule has 0 aliphatic carbocycles. The molecule has 0 aliphatic rings. The highest BCUT2D eigenvalue weighted by molar-refractivity contribution is 9.10. The first kappa shape index (κ1) is 18.3. The SMILES string of the molecule is O=C(/C=C/c1cc(Br)ccc1F)NNC(=O)c1cccc([N+](=O)[O-])c1. The fourth-order valence-corrected chi connectivity index (χ4v) is 2.18. The molecule has 0 saturated heterocycles. The van der Waals surface area contributed by atoms with Crippen molar-refractivity contribution in [1.82, 2.24) is 10.9 Å². The van der Waals surface area contributed by atoms with Gasteiger partial charge in [0.15, 0.2) is 0 Å². The number of hydrogen-bond donors (Lipinski definition) is 2. The minimum Gasteiger partial charge on any atom is -0.268 e. The van der Waals surface area contributed by atoms with Gasteiger partial charge in [-0.15, -0.1) is 0 Å². The fraction of sp³-hybridized carbons (Fsp3) is 0. The first-order valence-electron chi connectivity index (χ1n) is 6.85. The number of amides is 2. The van der Waals surface area contributed by atoms with E-state index in [2.05, 4.69) is 26.8 Å². The van der Waals surface area contributed by atoms with Gasteiger partial charge in [-0.2, -0.15) is 0 Å². The number of nitrogens with one attached hydrogen (secondary N) is 2. The Morgan fingerprint density at radius 1 is 1.16 bits per heavy atom. The number of nitro benzene ring substituents is 1. The summed E-state index contributed by atoms with van der Waals surface area (Å²) in [6, 6.07) is 9.28. The number of benzene rings is 2. The number of halogens is 2. The average Bonchev–Trinajstić information content (AvgIpc) is 2.60. The van der Waals surface area contributed by atoms with E-state index in [0.29, 0.717) is 4.47 Å². The maximum atomic E-state index is 13.5. The third-order valence-electron chi connectivity index (χ3n) is 2.99. The molecule has 0 fully saturated rings. The van der Waals surface area contributed by atoms with E-state index in [0.717, 1.165) is 12.1 Å². The van der Waals surface area contributed by atoms with Gasteiger partial charge in [-0.25, -0.2) is 4.39 Å². The molecule has 0 spiro atoms. The van der Waals surface area contributed by atoms with Crippen molar-refractivity contribution in [2.24, 2.45) is 0 Å². The molecule has 0 heterocycles. The zero-order chi connectivity index (χ0) is 18.4. The van der Waals surface area contributed by atoms with E-state index in [1.807, 2.05) is 0 Å². The first-order valence-corrected chi connectivity index (χ1v) is 7.64. The third-order valence-corrected chi connectivity index (χ3v) is 3.48. The lowest BCUT2D eigenvalue weighted by Gasteiger charge is -2.05. The number of hydrogen-bond acceptors (Lipinski definition) is 4. The molecule has 0 radical (unpaired) electrons. The maximum absolute atomic E-state index is 13.5. The molecule has 2 aromatic rings. The summed E-state index contributed by atoms with van der Waals surface area (Å²) in [6.45, 7) is 0. The van der Waals surface area contributed by atoms with Crippen LogP contribution in [0.2, 0.25) is 0 Å². The van der Waals surface area contributed by atoms with Crippen LogP contribution in [-0.2, 0) is 4.79 Å². The van der Waals surface area contributed by atoms with Crippen LogP contribution in [0.4, 0.5) is 10.1 Å². The Kier molecular flexibility index (Phi) is 5.96. The highest BCUT2D eigenvalue weighted by atomic mass is 79.9. The molecule has 0 atom stereocenters. The van der Waals surface area contributed by atoms with Crippen molar-refractivity contribution in [3.63, 3.8) is 0 Å². The van der Waals surface area contributed by atoms with E-state index in [1.54, 1.807) is 0 Å². The molecule has 0 bridgehead atoms. The van der Waals surface area contributed by atoms with Gasteiger partial charge in [-0.1, -0.05) is 22.0 Å². The van der Waals surface area contributed by atoms with Crippen LogP contribution >= 0.6 is 15.9 Å². The minimum absolute atomic E-state index is 0.0107. The first-order chi connectivity index (χ1) is 11.9. The number of carbonyl (C=O) groups excluding carboxylic acids is 2. The fourth-order valence-electron chi connectivity index (χ4n) is 1.80. The molecular weight excluding hydrogens is 397 g/mol. The van der Waals surface area contributed by atoms with Crippen molar-refractivity contribution >= 4 is 39.5 Å². The molecule has 2 amide bonds. The molecule has 7 nitrogen and oxygen atoms in total. The highest BCUT2D eigenvalue weighted by Gasteiger charge is 2.11. The molecule has 2 rings (SSSR count). The van der Waals surface area contributed by atoms with E-state index in [9.17, 15) is 24.1 Å². The van der Waals surface area contributed by atoms with Gasteiger partial charge in [0.25, 0.3) is 17.5 Å². The summed E-state index contributed by atoms with van der Waals surface area (Å²) in [6.07, 6.45) is 2.29. The highest BCUT2D eigenvalue weighted by Crippen LogP contribution is 2.16. The summed E-state index contributed by atoms with van der Waals surface area (Å²) in [4.78, 5) is 33.6. The van der Waals surface area contributed by atoms with Crippen LogP contribution < -0.4 is 10.9 Å².